The highest BCUT2D eigenvalue weighted by molar-refractivity contribution is 5.51. The molecule has 112 valence electrons. The molecule has 1 aromatic heterocycles. The zero-order valence-electron chi connectivity index (χ0n) is 12.9. The fraction of sp³-hybridized carbons (Fsp3) is 0.471. The lowest BCUT2D eigenvalue weighted by Gasteiger charge is -2.31. The Morgan fingerprint density at radius 3 is 2.76 bits per heavy atom. The summed E-state index contributed by atoms with van der Waals surface area (Å²) in [5.41, 5.74) is 11.2. The molecule has 0 spiro atoms. The maximum Gasteiger partial charge on any atom is 0.0788 e. The SMILES string of the molecule is Cc1cccc(Cc2c(N3CCC(N)CC3)cnn2C)c1. The van der Waals surface area contributed by atoms with Crippen molar-refractivity contribution in [1.29, 1.82) is 0 Å². The highest BCUT2D eigenvalue weighted by atomic mass is 15.3. The number of hydrogen-bond acceptors (Lipinski definition) is 3. The fourth-order valence-electron chi connectivity index (χ4n) is 3.08. The van der Waals surface area contributed by atoms with Crippen LogP contribution in [0.3, 0.4) is 0 Å². The van der Waals surface area contributed by atoms with Gasteiger partial charge in [-0.1, -0.05) is 29.8 Å². The van der Waals surface area contributed by atoms with E-state index in [9.17, 15) is 0 Å². The van der Waals surface area contributed by atoms with Gasteiger partial charge >= 0.3 is 0 Å². The van der Waals surface area contributed by atoms with E-state index >= 15 is 0 Å². The van der Waals surface area contributed by atoms with Gasteiger partial charge in [0.05, 0.1) is 17.6 Å². The van der Waals surface area contributed by atoms with Crippen LogP contribution in [0.5, 0.6) is 0 Å². The minimum atomic E-state index is 0.359. The lowest BCUT2D eigenvalue weighted by molar-refractivity contribution is 0.500. The van der Waals surface area contributed by atoms with Crippen molar-refractivity contribution in [3.8, 4) is 0 Å². The molecule has 3 rings (SSSR count). The van der Waals surface area contributed by atoms with Gasteiger partial charge in [-0.2, -0.15) is 5.10 Å². The van der Waals surface area contributed by atoms with E-state index in [1.54, 1.807) is 0 Å². The predicted octanol–water partition coefficient (Wildman–Crippen LogP) is 2.25. The molecule has 1 aliphatic heterocycles. The second kappa shape index (κ2) is 5.90. The number of anilines is 1. The standard InChI is InChI=1S/C17H24N4/c1-13-4-3-5-14(10-13)11-16-17(12-19-20(16)2)21-8-6-15(18)7-9-21/h3-5,10,12,15H,6-9,11,18H2,1-2H3. The molecular weight excluding hydrogens is 260 g/mol. The van der Waals surface area contributed by atoms with E-state index < -0.39 is 0 Å². The van der Waals surface area contributed by atoms with Crippen molar-refractivity contribution in [1.82, 2.24) is 9.78 Å². The molecule has 1 saturated heterocycles. The third-order valence-electron chi connectivity index (χ3n) is 4.37. The molecule has 2 aromatic rings. The van der Waals surface area contributed by atoms with E-state index in [1.165, 1.54) is 22.5 Å². The number of hydrogen-bond donors (Lipinski definition) is 1. The number of aromatic nitrogens is 2. The first kappa shape index (κ1) is 14.1. The van der Waals surface area contributed by atoms with E-state index in [1.807, 2.05) is 17.9 Å². The molecular formula is C17H24N4. The topological polar surface area (TPSA) is 47.1 Å². The molecule has 2 N–H and O–H groups in total. The molecule has 0 atom stereocenters. The molecule has 1 fully saturated rings. The first-order chi connectivity index (χ1) is 10.1. The Bertz CT molecular complexity index is 609. The molecule has 0 aliphatic carbocycles. The van der Waals surface area contributed by atoms with Crippen LogP contribution in [0.1, 0.15) is 29.7 Å². The molecule has 2 heterocycles. The van der Waals surface area contributed by atoms with Crippen molar-refractivity contribution < 1.29 is 0 Å². The average molecular weight is 284 g/mol. The van der Waals surface area contributed by atoms with Gasteiger partial charge in [0, 0.05) is 32.6 Å². The number of piperidine rings is 1. The van der Waals surface area contributed by atoms with Crippen LogP contribution in [0.25, 0.3) is 0 Å². The third-order valence-corrected chi connectivity index (χ3v) is 4.37. The summed E-state index contributed by atoms with van der Waals surface area (Å²) >= 11 is 0. The lowest BCUT2D eigenvalue weighted by atomic mass is 10.0. The second-order valence-electron chi connectivity index (χ2n) is 6.09. The quantitative estimate of drug-likeness (QED) is 0.940. The van der Waals surface area contributed by atoms with Crippen LogP contribution in [0, 0.1) is 6.92 Å². The predicted molar refractivity (Wildman–Crippen MR) is 86.6 cm³/mol. The highest BCUT2D eigenvalue weighted by Crippen LogP contribution is 2.25. The first-order valence-electron chi connectivity index (χ1n) is 7.70. The van der Waals surface area contributed by atoms with Gasteiger partial charge in [0.2, 0.25) is 0 Å². The monoisotopic (exact) mass is 284 g/mol. The van der Waals surface area contributed by atoms with E-state index in [-0.39, 0.29) is 0 Å². The van der Waals surface area contributed by atoms with Gasteiger partial charge in [-0.05, 0) is 25.3 Å². The molecule has 1 aliphatic rings. The largest absolute Gasteiger partial charge is 0.369 e. The highest BCUT2D eigenvalue weighted by Gasteiger charge is 2.21. The van der Waals surface area contributed by atoms with Crippen LogP contribution in [-0.2, 0) is 13.5 Å². The maximum absolute atomic E-state index is 6.01. The fourth-order valence-corrected chi connectivity index (χ4v) is 3.08. The van der Waals surface area contributed by atoms with Crippen LogP contribution < -0.4 is 10.6 Å². The average Bonchev–Trinajstić information content (AvgIpc) is 2.81. The van der Waals surface area contributed by atoms with Crippen molar-refractivity contribution in [2.24, 2.45) is 12.8 Å². The van der Waals surface area contributed by atoms with Crippen molar-refractivity contribution in [3.63, 3.8) is 0 Å². The van der Waals surface area contributed by atoms with Gasteiger partial charge in [0.1, 0.15) is 0 Å². The minimum Gasteiger partial charge on any atom is -0.369 e. The maximum atomic E-state index is 6.01. The van der Waals surface area contributed by atoms with E-state index in [4.69, 9.17) is 5.73 Å². The van der Waals surface area contributed by atoms with Gasteiger partial charge in [0.15, 0.2) is 0 Å². The number of benzene rings is 1. The second-order valence-corrected chi connectivity index (χ2v) is 6.09. The van der Waals surface area contributed by atoms with Crippen LogP contribution in [0.2, 0.25) is 0 Å². The molecule has 1 aromatic carbocycles. The Kier molecular flexibility index (Phi) is 3.97. The summed E-state index contributed by atoms with van der Waals surface area (Å²) in [6.45, 7) is 4.21. The molecule has 0 radical (unpaired) electrons. The van der Waals surface area contributed by atoms with Crippen LogP contribution in [-0.4, -0.2) is 28.9 Å². The Balaban J connectivity index is 1.83. The first-order valence-corrected chi connectivity index (χ1v) is 7.70. The van der Waals surface area contributed by atoms with Crippen LogP contribution in [0.4, 0.5) is 5.69 Å². The van der Waals surface area contributed by atoms with Crippen molar-refractivity contribution in [2.45, 2.75) is 32.2 Å². The Morgan fingerprint density at radius 2 is 2.05 bits per heavy atom. The Labute approximate surface area is 126 Å². The van der Waals surface area contributed by atoms with Gasteiger partial charge in [0.25, 0.3) is 0 Å². The number of rotatable bonds is 3. The van der Waals surface area contributed by atoms with Gasteiger partial charge in [-0.25, -0.2) is 0 Å². The summed E-state index contributed by atoms with van der Waals surface area (Å²) in [4.78, 5) is 2.43. The molecule has 0 bridgehead atoms. The van der Waals surface area contributed by atoms with Crippen molar-refractivity contribution >= 4 is 5.69 Å². The smallest absolute Gasteiger partial charge is 0.0788 e. The summed E-state index contributed by atoms with van der Waals surface area (Å²) in [6.07, 6.45) is 5.07. The molecule has 0 amide bonds. The number of nitrogens with zero attached hydrogens (tertiary/aromatic N) is 3. The van der Waals surface area contributed by atoms with Gasteiger partial charge in [-0.3, -0.25) is 4.68 Å². The normalized spacial score (nSPS) is 16.4. The van der Waals surface area contributed by atoms with Crippen LogP contribution >= 0.6 is 0 Å². The van der Waals surface area contributed by atoms with Crippen LogP contribution in [0.15, 0.2) is 30.5 Å². The number of aryl methyl sites for hydroxylation is 2. The van der Waals surface area contributed by atoms with Crippen molar-refractivity contribution in [2.75, 3.05) is 18.0 Å². The summed E-state index contributed by atoms with van der Waals surface area (Å²) in [6, 6.07) is 9.07. The van der Waals surface area contributed by atoms with Gasteiger partial charge in [-0.15, -0.1) is 0 Å². The third kappa shape index (κ3) is 3.10. The summed E-state index contributed by atoms with van der Waals surface area (Å²) < 4.78 is 2.01. The summed E-state index contributed by atoms with van der Waals surface area (Å²) in [5, 5.41) is 4.47. The minimum absolute atomic E-state index is 0.359. The Morgan fingerprint density at radius 1 is 1.29 bits per heavy atom. The Hall–Kier alpha value is -1.81. The zero-order valence-corrected chi connectivity index (χ0v) is 12.9. The van der Waals surface area contributed by atoms with E-state index in [0.29, 0.717) is 6.04 Å². The molecule has 0 saturated carbocycles. The molecule has 4 heteroatoms. The van der Waals surface area contributed by atoms with E-state index in [0.717, 1.165) is 32.4 Å². The van der Waals surface area contributed by atoms with Gasteiger partial charge < -0.3 is 10.6 Å². The van der Waals surface area contributed by atoms with Crippen molar-refractivity contribution in [3.05, 3.63) is 47.3 Å². The van der Waals surface area contributed by atoms with E-state index in [2.05, 4.69) is 41.2 Å². The molecule has 21 heavy (non-hydrogen) atoms. The number of nitrogens with two attached hydrogens (primary N) is 1. The molecule has 0 unspecified atom stereocenters. The lowest BCUT2D eigenvalue weighted by Crippen LogP contribution is -2.40. The summed E-state index contributed by atoms with van der Waals surface area (Å²) in [7, 11) is 2.03. The zero-order chi connectivity index (χ0) is 14.8. The molecule has 4 nitrogen and oxygen atoms in total. The summed E-state index contributed by atoms with van der Waals surface area (Å²) in [5.74, 6) is 0.